The standard InChI is InChI=1S/C10H15N3O/c11-10-9(4-1-5-12-10)13-6-2-3-8(13)7-14/h1,4-5,8,14H,2-3,6-7H2,(H2,11,12). The molecule has 0 aliphatic carbocycles. The van der Waals surface area contributed by atoms with Gasteiger partial charge in [0.25, 0.3) is 0 Å². The molecule has 2 rings (SSSR count). The number of pyridine rings is 1. The Morgan fingerprint density at radius 3 is 3.21 bits per heavy atom. The average molecular weight is 193 g/mol. The number of nitrogens with zero attached hydrogens (tertiary/aromatic N) is 2. The van der Waals surface area contributed by atoms with Gasteiger partial charge in [0.15, 0.2) is 0 Å². The van der Waals surface area contributed by atoms with Crippen LogP contribution in [0.15, 0.2) is 18.3 Å². The zero-order valence-electron chi connectivity index (χ0n) is 8.06. The third-order valence-electron chi connectivity index (χ3n) is 2.71. The minimum absolute atomic E-state index is 0.189. The highest BCUT2D eigenvalue weighted by Crippen LogP contribution is 2.28. The summed E-state index contributed by atoms with van der Waals surface area (Å²) in [5.74, 6) is 0.549. The van der Waals surface area contributed by atoms with E-state index in [0.717, 1.165) is 25.1 Å². The van der Waals surface area contributed by atoms with E-state index in [0.29, 0.717) is 5.82 Å². The van der Waals surface area contributed by atoms with Gasteiger partial charge in [-0.1, -0.05) is 0 Å². The van der Waals surface area contributed by atoms with Gasteiger partial charge in [0.2, 0.25) is 0 Å². The molecule has 14 heavy (non-hydrogen) atoms. The number of hydrogen-bond donors (Lipinski definition) is 2. The molecule has 0 bridgehead atoms. The molecule has 1 saturated heterocycles. The lowest BCUT2D eigenvalue weighted by Crippen LogP contribution is -2.32. The predicted octanol–water partition coefficient (Wildman–Crippen LogP) is 0.625. The molecule has 1 atom stereocenters. The van der Waals surface area contributed by atoms with Crippen molar-refractivity contribution >= 4 is 11.5 Å². The zero-order valence-corrected chi connectivity index (χ0v) is 8.06. The van der Waals surface area contributed by atoms with Gasteiger partial charge in [0.05, 0.1) is 18.3 Å². The lowest BCUT2D eigenvalue weighted by molar-refractivity contribution is 0.266. The Morgan fingerprint density at radius 2 is 2.50 bits per heavy atom. The van der Waals surface area contributed by atoms with Gasteiger partial charge in [0, 0.05) is 12.7 Å². The molecular formula is C10H15N3O. The van der Waals surface area contributed by atoms with Crippen LogP contribution in [0, 0.1) is 0 Å². The fraction of sp³-hybridized carbons (Fsp3) is 0.500. The van der Waals surface area contributed by atoms with Gasteiger partial charge in [-0.15, -0.1) is 0 Å². The van der Waals surface area contributed by atoms with Crippen molar-refractivity contribution < 1.29 is 5.11 Å². The smallest absolute Gasteiger partial charge is 0.146 e. The van der Waals surface area contributed by atoms with Crippen molar-refractivity contribution in [3.63, 3.8) is 0 Å². The number of aromatic nitrogens is 1. The number of rotatable bonds is 2. The molecule has 1 aromatic rings. The summed E-state index contributed by atoms with van der Waals surface area (Å²) in [6, 6.07) is 4.04. The second-order valence-electron chi connectivity index (χ2n) is 3.58. The van der Waals surface area contributed by atoms with E-state index < -0.39 is 0 Å². The highest BCUT2D eigenvalue weighted by molar-refractivity contribution is 5.63. The van der Waals surface area contributed by atoms with Gasteiger partial charge < -0.3 is 15.7 Å². The third-order valence-corrected chi connectivity index (χ3v) is 2.71. The van der Waals surface area contributed by atoms with Crippen LogP contribution in [0.3, 0.4) is 0 Å². The molecular weight excluding hydrogens is 178 g/mol. The molecule has 0 spiro atoms. The number of nitrogens with two attached hydrogens (primary N) is 1. The summed E-state index contributed by atoms with van der Waals surface area (Å²) >= 11 is 0. The summed E-state index contributed by atoms with van der Waals surface area (Å²) in [6.07, 6.45) is 3.83. The maximum Gasteiger partial charge on any atom is 0.146 e. The van der Waals surface area contributed by atoms with Crippen LogP contribution in [0.1, 0.15) is 12.8 Å². The Balaban J connectivity index is 2.26. The lowest BCUT2D eigenvalue weighted by Gasteiger charge is -2.25. The summed E-state index contributed by atoms with van der Waals surface area (Å²) in [7, 11) is 0. The number of anilines is 2. The van der Waals surface area contributed by atoms with Crippen molar-refractivity contribution in [2.24, 2.45) is 0 Å². The Bertz CT molecular complexity index is 316. The summed E-state index contributed by atoms with van der Waals surface area (Å²) < 4.78 is 0. The normalized spacial score (nSPS) is 21.5. The first-order valence-corrected chi connectivity index (χ1v) is 4.91. The van der Waals surface area contributed by atoms with E-state index in [9.17, 15) is 5.11 Å². The second kappa shape index (κ2) is 3.84. The van der Waals surface area contributed by atoms with Crippen LogP contribution in [0.25, 0.3) is 0 Å². The fourth-order valence-electron chi connectivity index (χ4n) is 1.99. The van der Waals surface area contributed by atoms with Gasteiger partial charge in [-0.2, -0.15) is 0 Å². The highest BCUT2D eigenvalue weighted by atomic mass is 16.3. The first-order valence-electron chi connectivity index (χ1n) is 4.91. The topological polar surface area (TPSA) is 62.4 Å². The van der Waals surface area contributed by atoms with Crippen molar-refractivity contribution in [1.82, 2.24) is 4.98 Å². The van der Waals surface area contributed by atoms with Crippen LogP contribution in [0.5, 0.6) is 0 Å². The SMILES string of the molecule is Nc1ncccc1N1CCCC1CO. The Kier molecular flexibility index (Phi) is 2.54. The van der Waals surface area contributed by atoms with Crippen molar-refractivity contribution in [3.05, 3.63) is 18.3 Å². The number of hydrogen-bond acceptors (Lipinski definition) is 4. The van der Waals surface area contributed by atoms with Gasteiger partial charge >= 0.3 is 0 Å². The maximum atomic E-state index is 9.19. The van der Waals surface area contributed by atoms with Gasteiger partial charge in [-0.3, -0.25) is 0 Å². The van der Waals surface area contributed by atoms with Crippen molar-refractivity contribution in [2.75, 3.05) is 23.8 Å². The second-order valence-corrected chi connectivity index (χ2v) is 3.58. The van der Waals surface area contributed by atoms with Crippen molar-refractivity contribution in [2.45, 2.75) is 18.9 Å². The van der Waals surface area contributed by atoms with E-state index in [4.69, 9.17) is 5.73 Å². The molecule has 1 aliphatic rings. The molecule has 3 N–H and O–H groups in total. The van der Waals surface area contributed by atoms with Crippen molar-refractivity contribution in [1.29, 1.82) is 0 Å². The van der Waals surface area contributed by atoms with Gasteiger partial charge in [0.1, 0.15) is 5.82 Å². The minimum Gasteiger partial charge on any atom is -0.394 e. The molecule has 2 heterocycles. The average Bonchev–Trinajstić information content (AvgIpc) is 2.66. The first-order chi connectivity index (χ1) is 6.83. The summed E-state index contributed by atoms with van der Waals surface area (Å²) in [6.45, 7) is 1.15. The molecule has 1 aromatic heterocycles. The molecule has 0 radical (unpaired) electrons. The minimum atomic E-state index is 0.189. The summed E-state index contributed by atoms with van der Waals surface area (Å²) in [4.78, 5) is 6.19. The lowest BCUT2D eigenvalue weighted by atomic mass is 10.2. The Morgan fingerprint density at radius 1 is 1.64 bits per heavy atom. The van der Waals surface area contributed by atoms with Crippen LogP contribution in [-0.4, -0.2) is 29.3 Å². The molecule has 4 nitrogen and oxygen atoms in total. The fourth-order valence-corrected chi connectivity index (χ4v) is 1.99. The molecule has 1 unspecified atom stereocenters. The first kappa shape index (κ1) is 9.27. The predicted molar refractivity (Wildman–Crippen MR) is 56.1 cm³/mol. The van der Waals surface area contributed by atoms with Crippen LogP contribution < -0.4 is 10.6 Å². The van der Waals surface area contributed by atoms with E-state index in [-0.39, 0.29) is 12.6 Å². The molecule has 76 valence electrons. The Hall–Kier alpha value is -1.29. The van der Waals surface area contributed by atoms with Gasteiger partial charge in [-0.25, -0.2) is 4.98 Å². The molecule has 4 heteroatoms. The number of aliphatic hydroxyl groups is 1. The van der Waals surface area contributed by atoms with Gasteiger partial charge in [-0.05, 0) is 25.0 Å². The highest BCUT2D eigenvalue weighted by Gasteiger charge is 2.25. The molecule has 1 aliphatic heterocycles. The van der Waals surface area contributed by atoms with Crippen LogP contribution >= 0.6 is 0 Å². The van der Waals surface area contributed by atoms with E-state index in [1.165, 1.54) is 0 Å². The van der Waals surface area contributed by atoms with Crippen LogP contribution in [0.2, 0.25) is 0 Å². The summed E-state index contributed by atoms with van der Waals surface area (Å²) in [5.41, 5.74) is 6.73. The molecule has 0 aromatic carbocycles. The molecule has 1 fully saturated rings. The number of aliphatic hydroxyl groups excluding tert-OH is 1. The maximum absolute atomic E-state index is 9.19. The van der Waals surface area contributed by atoms with Crippen LogP contribution in [0.4, 0.5) is 11.5 Å². The van der Waals surface area contributed by atoms with Crippen molar-refractivity contribution in [3.8, 4) is 0 Å². The quantitative estimate of drug-likeness (QED) is 0.723. The zero-order chi connectivity index (χ0) is 9.97. The van der Waals surface area contributed by atoms with E-state index in [1.807, 2.05) is 12.1 Å². The number of nitrogen functional groups attached to an aromatic ring is 1. The van der Waals surface area contributed by atoms with E-state index in [2.05, 4.69) is 9.88 Å². The third kappa shape index (κ3) is 1.53. The van der Waals surface area contributed by atoms with E-state index in [1.54, 1.807) is 6.20 Å². The van der Waals surface area contributed by atoms with Crippen LogP contribution in [-0.2, 0) is 0 Å². The monoisotopic (exact) mass is 193 g/mol. The molecule has 0 saturated carbocycles. The summed E-state index contributed by atoms with van der Waals surface area (Å²) in [5, 5.41) is 9.19. The molecule has 0 amide bonds. The Labute approximate surface area is 83.4 Å². The largest absolute Gasteiger partial charge is 0.394 e. The van der Waals surface area contributed by atoms with E-state index >= 15 is 0 Å².